The summed E-state index contributed by atoms with van der Waals surface area (Å²) < 4.78 is 0. The molecule has 3 atom stereocenters. The molecule has 0 aromatic rings. The maximum atomic E-state index is 11.7. The summed E-state index contributed by atoms with van der Waals surface area (Å²) in [6.07, 6.45) is 3.98. The second-order valence-electron chi connectivity index (χ2n) is 6.08. The Bertz CT molecular complexity index is 306. The van der Waals surface area contributed by atoms with Gasteiger partial charge in [-0.15, -0.1) is 0 Å². The lowest BCUT2D eigenvalue weighted by Gasteiger charge is -2.43. The third-order valence-electron chi connectivity index (χ3n) is 4.32. The first-order valence-electron chi connectivity index (χ1n) is 6.65. The van der Waals surface area contributed by atoms with Crippen molar-refractivity contribution in [3.8, 4) is 0 Å². The number of rotatable bonds is 4. The van der Waals surface area contributed by atoms with Crippen LogP contribution in [-0.2, 0) is 4.79 Å². The molecular formula is C15H25BrO. The number of ketones is 1. The van der Waals surface area contributed by atoms with Crippen LogP contribution in [0.25, 0.3) is 0 Å². The van der Waals surface area contributed by atoms with Gasteiger partial charge < -0.3 is 0 Å². The van der Waals surface area contributed by atoms with Gasteiger partial charge in [-0.25, -0.2) is 0 Å². The molecule has 1 aliphatic rings. The van der Waals surface area contributed by atoms with E-state index in [0.717, 1.165) is 6.42 Å². The van der Waals surface area contributed by atoms with E-state index in [4.69, 9.17) is 0 Å². The smallest absolute Gasteiger partial charge is 0.135 e. The molecule has 1 aliphatic carbocycles. The molecule has 1 nitrogen and oxygen atoms in total. The number of hydrogen-bond donors (Lipinski definition) is 0. The molecule has 0 spiro atoms. The Morgan fingerprint density at radius 3 is 2.71 bits per heavy atom. The van der Waals surface area contributed by atoms with Crippen molar-refractivity contribution >= 4 is 21.7 Å². The number of carbonyl (C=O) groups excluding carboxylic acids is 1. The topological polar surface area (TPSA) is 17.1 Å². The van der Waals surface area contributed by atoms with Gasteiger partial charge in [-0.05, 0) is 30.6 Å². The van der Waals surface area contributed by atoms with Crippen molar-refractivity contribution in [3.63, 3.8) is 0 Å². The Kier molecular flexibility index (Phi) is 5.00. The zero-order chi connectivity index (χ0) is 13.2. The van der Waals surface area contributed by atoms with E-state index in [1.54, 1.807) is 0 Å². The van der Waals surface area contributed by atoms with Gasteiger partial charge in [0.05, 0.1) is 0 Å². The fraction of sp³-hybridized carbons (Fsp3) is 0.800. The zero-order valence-corrected chi connectivity index (χ0v) is 13.1. The fourth-order valence-corrected chi connectivity index (χ4v) is 3.43. The van der Waals surface area contributed by atoms with Crippen molar-refractivity contribution in [2.75, 3.05) is 0 Å². The molecule has 3 unspecified atom stereocenters. The highest BCUT2D eigenvalue weighted by Gasteiger charge is 2.39. The fourth-order valence-electron chi connectivity index (χ4n) is 2.88. The summed E-state index contributed by atoms with van der Waals surface area (Å²) in [7, 11) is 0. The van der Waals surface area contributed by atoms with Crippen molar-refractivity contribution in [1.29, 1.82) is 0 Å². The summed E-state index contributed by atoms with van der Waals surface area (Å²) in [6, 6.07) is 0. The Labute approximate surface area is 114 Å². The van der Waals surface area contributed by atoms with Crippen LogP contribution in [0, 0.1) is 17.3 Å². The highest BCUT2D eigenvalue weighted by Crippen LogP contribution is 2.48. The zero-order valence-electron chi connectivity index (χ0n) is 11.6. The highest BCUT2D eigenvalue weighted by molar-refractivity contribution is 9.09. The predicted octanol–water partition coefficient (Wildman–Crippen LogP) is 4.75. The molecule has 0 amide bonds. The SMILES string of the molecule is C=C1C(Br)CCC(C)(C)C1CC(C)C(=O)CC. The standard InChI is InChI=1S/C15H25BrO/c1-6-14(17)10(2)9-12-11(3)13(16)7-8-15(12,4)5/h10,12-13H,3,6-9H2,1-2,4-5H3. The molecule has 0 aromatic carbocycles. The summed E-state index contributed by atoms with van der Waals surface area (Å²) in [5.74, 6) is 1.01. The van der Waals surface area contributed by atoms with Crippen LogP contribution in [-0.4, -0.2) is 10.6 Å². The average Bonchev–Trinajstić information content (AvgIpc) is 2.28. The van der Waals surface area contributed by atoms with E-state index in [1.165, 1.54) is 18.4 Å². The third kappa shape index (κ3) is 3.43. The van der Waals surface area contributed by atoms with E-state index in [2.05, 4.69) is 43.3 Å². The second-order valence-corrected chi connectivity index (χ2v) is 7.18. The molecule has 0 bridgehead atoms. The number of alkyl halides is 1. The van der Waals surface area contributed by atoms with Gasteiger partial charge >= 0.3 is 0 Å². The van der Waals surface area contributed by atoms with E-state index in [9.17, 15) is 4.79 Å². The van der Waals surface area contributed by atoms with E-state index < -0.39 is 0 Å². The van der Waals surface area contributed by atoms with Gasteiger partial charge in [0.15, 0.2) is 0 Å². The number of carbonyl (C=O) groups is 1. The summed E-state index contributed by atoms with van der Waals surface area (Å²) in [5.41, 5.74) is 1.57. The molecule has 0 heterocycles. The second kappa shape index (κ2) is 5.69. The lowest BCUT2D eigenvalue weighted by molar-refractivity contribution is -0.122. The lowest BCUT2D eigenvalue weighted by atomic mass is 9.64. The minimum atomic E-state index is 0.166. The largest absolute Gasteiger partial charge is 0.299 e. The predicted molar refractivity (Wildman–Crippen MR) is 77.4 cm³/mol. The number of Topliss-reactive ketones (excluding diaryl/α,β-unsaturated/α-hetero) is 1. The van der Waals surface area contributed by atoms with Crippen LogP contribution in [0.2, 0.25) is 0 Å². The first kappa shape index (κ1) is 14.9. The van der Waals surface area contributed by atoms with E-state index in [1.807, 2.05) is 6.92 Å². The molecule has 0 N–H and O–H groups in total. The lowest BCUT2D eigenvalue weighted by Crippen LogP contribution is -2.36. The number of hydrogen-bond acceptors (Lipinski definition) is 1. The van der Waals surface area contributed by atoms with Crippen molar-refractivity contribution in [2.45, 2.75) is 58.2 Å². The van der Waals surface area contributed by atoms with Crippen molar-refractivity contribution in [1.82, 2.24) is 0 Å². The highest BCUT2D eigenvalue weighted by atomic mass is 79.9. The third-order valence-corrected chi connectivity index (χ3v) is 5.37. The van der Waals surface area contributed by atoms with E-state index >= 15 is 0 Å². The summed E-state index contributed by atoms with van der Waals surface area (Å²) in [4.78, 5) is 12.2. The molecule has 1 saturated carbocycles. The molecular weight excluding hydrogens is 276 g/mol. The Balaban J connectivity index is 2.78. The van der Waals surface area contributed by atoms with Crippen LogP contribution >= 0.6 is 15.9 Å². The first-order chi connectivity index (χ1) is 7.79. The van der Waals surface area contributed by atoms with Crippen LogP contribution in [0.5, 0.6) is 0 Å². The molecule has 2 heteroatoms. The summed E-state index contributed by atoms with van der Waals surface area (Å²) in [5, 5.41) is 0. The van der Waals surface area contributed by atoms with Gasteiger partial charge in [0.2, 0.25) is 0 Å². The number of allylic oxidation sites excluding steroid dienone is 1. The van der Waals surface area contributed by atoms with Gasteiger partial charge in [-0.2, -0.15) is 0 Å². The molecule has 0 aliphatic heterocycles. The first-order valence-corrected chi connectivity index (χ1v) is 7.56. The van der Waals surface area contributed by atoms with Crippen LogP contribution < -0.4 is 0 Å². The molecule has 0 saturated heterocycles. The normalized spacial score (nSPS) is 30.1. The molecule has 1 fully saturated rings. The molecule has 17 heavy (non-hydrogen) atoms. The van der Waals surface area contributed by atoms with Crippen LogP contribution in [0.4, 0.5) is 0 Å². The van der Waals surface area contributed by atoms with Crippen LogP contribution in [0.3, 0.4) is 0 Å². The van der Waals surface area contributed by atoms with Gasteiger partial charge in [-0.3, -0.25) is 4.79 Å². The average molecular weight is 301 g/mol. The van der Waals surface area contributed by atoms with Gasteiger partial charge in [0, 0.05) is 17.2 Å². The maximum absolute atomic E-state index is 11.7. The van der Waals surface area contributed by atoms with E-state index in [-0.39, 0.29) is 11.3 Å². The minimum Gasteiger partial charge on any atom is -0.299 e. The van der Waals surface area contributed by atoms with Crippen LogP contribution in [0.1, 0.15) is 53.4 Å². The van der Waals surface area contributed by atoms with Crippen molar-refractivity contribution in [2.24, 2.45) is 17.3 Å². The molecule has 1 rings (SSSR count). The summed E-state index contributed by atoms with van der Waals surface area (Å²) in [6.45, 7) is 12.9. The minimum absolute atomic E-state index is 0.166. The Morgan fingerprint density at radius 1 is 1.59 bits per heavy atom. The van der Waals surface area contributed by atoms with Gasteiger partial charge in [0.1, 0.15) is 5.78 Å². The monoisotopic (exact) mass is 300 g/mol. The van der Waals surface area contributed by atoms with Gasteiger partial charge in [0.25, 0.3) is 0 Å². The van der Waals surface area contributed by atoms with E-state index in [0.29, 0.717) is 22.9 Å². The molecule has 0 aromatic heterocycles. The Morgan fingerprint density at radius 2 is 2.18 bits per heavy atom. The Hall–Kier alpha value is -0.110. The van der Waals surface area contributed by atoms with Gasteiger partial charge in [-0.1, -0.05) is 55.8 Å². The number of halogens is 1. The van der Waals surface area contributed by atoms with Crippen molar-refractivity contribution < 1.29 is 4.79 Å². The molecule has 0 radical (unpaired) electrons. The van der Waals surface area contributed by atoms with Crippen LogP contribution in [0.15, 0.2) is 12.2 Å². The molecule has 98 valence electrons. The quantitative estimate of drug-likeness (QED) is 0.541. The van der Waals surface area contributed by atoms with Crippen molar-refractivity contribution in [3.05, 3.63) is 12.2 Å². The summed E-state index contributed by atoms with van der Waals surface area (Å²) >= 11 is 3.71. The maximum Gasteiger partial charge on any atom is 0.135 e.